The molecule has 15 atom stereocenters. The van der Waals surface area contributed by atoms with Crippen molar-refractivity contribution in [2.24, 2.45) is 0 Å². The van der Waals surface area contributed by atoms with Gasteiger partial charge in [0.2, 0.25) is 6.29 Å². The van der Waals surface area contributed by atoms with Crippen molar-refractivity contribution < 1.29 is 84.5 Å². The van der Waals surface area contributed by atoms with E-state index in [9.17, 15) is 45.6 Å². The molecule has 6 unspecified atom stereocenters. The number of esters is 1. The largest absolute Gasteiger partial charge is 0.467 e. The zero-order valence-electron chi connectivity index (χ0n) is 20.1. The fraction of sp³-hybridized carbons (Fsp3) is 0.950. The van der Waals surface area contributed by atoms with Crippen LogP contribution in [-0.4, -0.2) is 166 Å². The quantitative estimate of drug-likeness (QED) is 0.128. The minimum absolute atomic E-state index is 0.550. The van der Waals surface area contributed by atoms with Crippen molar-refractivity contribution in [3.05, 3.63) is 0 Å². The molecule has 0 amide bonds. The van der Waals surface area contributed by atoms with Gasteiger partial charge in [0, 0.05) is 7.11 Å². The van der Waals surface area contributed by atoms with Gasteiger partial charge in [-0.15, -0.1) is 0 Å². The molecule has 0 saturated carbocycles. The minimum atomic E-state index is -1.73. The van der Waals surface area contributed by atoms with Gasteiger partial charge < -0.3 is 79.7 Å². The van der Waals surface area contributed by atoms with Crippen molar-refractivity contribution in [3.63, 3.8) is 0 Å². The van der Waals surface area contributed by atoms with Crippen LogP contribution in [0.15, 0.2) is 0 Å². The van der Waals surface area contributed by atoms with Crippen LogP contribution in [0.4, 0.5) is 0 Å². The Morgan fingerprint density at radius 1 is 0.757 bits per heavy atom. The molecular weight excluding hydrogens is 510 g/mol. The first-order valence-corrected chi connectivity index (χ1v) is 11.5. The van der Waals surface area contributed by atoms with E-state index in [1.54, 1.807) is 0 Å². The Labute approximate surface area is 210 Å². The van der Waals surface area contributed by atoms with Gasteiger partial charge in [-0.3, -0.25) is 0 Å². The topological polar surface area (TPSA) is 271 Å². The zero-order chi connectivity index (χ0) is 27.6. The molecule has 0 aromatic heterocycles. The SMILES string of the molecule is COC(=O)C1O[C@@H](OC)C(O)[C@@H](O)[C@H]1O[C@@H]1OC(CO[C@@H]2OC(CO)[C@H](O)[C@H](O)C2O)[C@H](O)[C@H](O)C1[NH3+]. The Balaban J connectivity index is 1.72. The average Bonchev–Trinajstić information content (AvgIpc) is 2.89. The van der Waals surface area contributed by atoms with E-state index in [4.69, 9.17) is 28.4 Å². The number of methoxy groups -OCH3 is 2. The van der Waals surface area contributed by atoms with Crippen molar-refractivity contribution in [1.82, 2.24) is 0 Å². The van der Waals surface area contributed by atoms with Crippen molar-refractivity contribution in [1.29, 1.82) is 0 Å². The molecule has 3 aliphatic rings. The van der Waals surface area contributed by atoms with Gasteiger partial charge in [0.15, 0.2) is 24.7 Å². The van der Waals surface area contributed by atoms with Crippen LogP contribution in [0.2, 0.25) is 0 Å². The molecule has 0 aliphatic carbocycles. The van der Waals surface area contributed by atoms with Crippen LogP contribution in [0.3, 0.4) is 0 Å². The van der Waals surface area contributed by atoms with Crippen molar-refractivity contribution in [2.75, 3.05) is 27.4 Å². The molecule has 3 rings (SSSR count). The first-order chi connectivity index (χ1) is 17.5. The Morgan fingerprint density at radius 2 is 1.35 bits per heavy atom. The van der Waals surface area contributed by atoms with Gasteiger partial charge in [0.1, 0.15) is 61.0 Å². The Bertz CT molecular complexity index is 745. The normalized spacial score (nSPS) is 49.0. The fourth-order valence-corrected chi connectivity index (χ4v) is 4.30. The van der Waals surface area contributed by atoms with Crippen LogP contribution >= 0.6 is 0 Å². The summed E-state index contributed by atoms with van der Waals surface area (Å²) >= 11 is 0. The summed E-state index contributed by atoms with van der Waals surface area (Å²) in [4.78, 5) is 12.3. The zero-order valence-corrected chi connectivity index (χ0v) is 20.1. The summed E-state index contributed by atoms with van der Waals surface area (Å²) in [7, 11) is 2.25. The minimum Gasteiger partial charge on any atom is -0.467 e. The Hall–Kier alpha value is -1.13. The van der Waals surface area contributed by atoms with Crippen LogP contribution in [0, 0.1) is 0 Å². The standard InChI is InChI=1S/C20H35NO16/c1-31-17(30)16-15(12(27)14(29)19(32-2)37-16)36-18-7(21)10(25)9(24)6(35-18)4-33-20-13(28)11(26)8(23)5(3-22)34-20/h5-16,18-20,22-29H,3-4,21H2,1-2H3/p+1/t5?,6?,7?,8-,9-,10+,11-,12+,13?,14?,15+,16?,18-,19+,20+/m0/s1. The van der Waals surface area contributed by atoms with Gasteiger partial charge in [0.25, 0.3) is 0 Å². The van der Waals surface area contributed by atoms with Gasteiger partial charge in [-0.1, -0.05) is 0 Å². The lowest BCUT2D eigenvalue weighted by molar-refractivity contribution is -0.507. The van der Waals surface area contributed by atoms with Crippen molar-refractivity contribution >= 4 is 5.97 Å². The monoisotopic (exact) mass is 546 g/mol. The highest BCUT2D eigenvalue weighted by molar-refractivity contribution is 5.75. The van der Waals surface area contributed by atoms with Crippen molar-refractivity contribution in [2.45, 2.75) is 92.1 Å². The number of rotatable bonds is 8. The maximum atomic E-state index is 12.3. The summed E-state index contributed by atoms with van der Waals surface area (Å²) in [6, 6.07) is -1.17. The van der Waals surface area contributed by atoms with E-state index in [1.807, 2.05) is 0 Å². The number of ether oxygens (including phenoxy) is 7. The molecule has 0 bridgehead atoms. The van der Waals surface area contributed by atoms with Crippen LogP contribution in [0.25, 0.3) is 0 Å². The third-order valence-electron chi connectivity index (χ3n) is 6.60. The predicted molar refractivity (Wildman–Crippen MR) is 112 cm³/mol. The molecule has 0 aromatic carbocycles. The second kappa shape index (κ2) is 12.8. The third-order valence-corrected chi connectivity index (χ3v) is 6.60. The summed E-state index contributed by atoms with van der Waals surface area (Å²) in [6.07, 6.45) is -21.7. The first kappa shape index (κ1) is 30.4. The lowest BCUT2D eigenvalue weighted by Crippen LogP contribution is -2.79. The van der Waals surface area contributed by atoms with Crippen LogP contribution < -0.4 is 5.73 Å². The maximum Gasteiger partial charge on any atom is 0.337 e. The summed E-state index contributed by atoms with van der Waals surface area (Å²) in [5.41, 5.74) is 3.70. The predicted octanol–water partition coefficient (Wildman–Crippen LogP) is -7.49. The van der Waals surface area contributed by atoms with Gasteiger partial charge in [0.05, 0.1) is 20.3 Å². The molecule has 0 radical (unpaired) electrons. The van der Waals surface area contributed by atoms with Crippen LogP contribution in [0.5, 0.6) is 0 Å². The smallest absolute Gasteiger partial charge is 0.337 e. The lowest BCUT2D eigenvalue weighted by atomic mass is 9.96. The van der Waals surface area contributed by atoms with E-state index in [0.717, 1.165) is 7.11 Å². The molecule has 0 aromatic rings. The highest BCUT2D eigenvalue weighted by Crippen LogP contribution is 2.30. The summed E-state index contributed by atoms with van der Waals surface area (Å²) < 4.78 is 36.9. The number of aliphatic hydroxyl groups is 8. The Morgan fingerprint density at radius 3 is 1.95 bits per heavy atom. The number of hydrogen-bond donors (Lipinski definition) is 9. The Kier molecular flexibility index (Phi) is 10.5. The molecule has 11 N–H and O–H groups in total. The van der Waals surface area contributed by atoms with Gasteiger partial charge >= 0.3 is 5.97 Å². The maximum absolute atomic E-state index is 12.3. The number of carbonyl (C=O) groups excluding carboxylic acids is 1. The molecular formula is C20H36NO16+. The van der Waals surface area contributed by atoms with Gasteiger partial charge in [-0.05, 0) is 0 Å². The molecule has 0 spiro atoms. The molecule has 37 heavy (non-hydrogen) atoms. The van der Waals surface area contributed by atoms with Crippen molar-refractivity contribution in [3.8, 4) is 0 Å². The third kappa shape index (κ3) is 6.21. The summed E-state index contributed by atoms with van der Waals surface area (Å²) in [5, 5.41) is 81.1. The van der Waals surface area contributed by atoms with E-state index < -0.39 is 111 Å². The first-order valence-electron chi connectivity index (χ1n) is 11.5. The second-order valence-electron chi connectivity index (χ2n) is 8.98. The number of carbonyl (C=O) groups is 1. The van der Waals surface area contributed by atoms with E-state index in [2.05, 4.69) is 10.5 Å². The number of hydrogen-bond acceptors (Lipinski definition) is 16. The molecule has 3 saturated heterocycles. The average molecular weight is 546 g/mol. The number of aliphatic hydroxyl groups excluding tert-OH is 8. The van der Waals surface area contributed by atoms with E-state index in [1.165, 1.54) is 7.11 Å². The highest BCUT2D eigenvalue weighted by Gasteiger charge is 2.54. The van der Waals surface area contributed by atoms with E-state index in [-0.39, 0.29) is 0 Å². The highest BCUT2D eigenvalue weighted by atomic mass is 16.7. The lowest BCUT2D eigenvalue weighted by Gasteiger charge is -2.45. The van der Waals surface area contributed by atoms with E-state index in [0.29, 0.717) is 0 Å². The van der Waals surface area contributed by atoms with Crippen LogP contribution in [0.1, 0.15) is 0 Å². The summed E-state index contributed by atoms with van der Waals surface area (Å²) in [5.74, 6) is -0.961. The number of quaternary nitrogens is 1. The second-order valence-corrected chi connectivity index (χ2v) is 8.98. The molecule has 3 aliphatic heterocycles. The van der Waals surface area contributed by atoms with Gasteiger partial charge in [-0.2, -0.15) is 0 Å². The molecule has 17 heteroatoms. The van der Waals surface area contributed by atoms with E-state index >= 15 is 0 Å². The van der Waals surface area contributed by atoms with Gasteiger partial charge in [-0.25, -0.2) is 4.79 Å². The molecule has 3 heterocycles. The summed E-state index contributed by atoms with van der Waals surface area (Å²) in [6.45, 7) is -1.24. The molecule has 17 nitrogen and oxygen atoms in total. The fourth-order valence-electron chi connectivity index (χ4n) is 4.30. The molecule has 216 valence electrons. The molecule has 3 fully saturated rings. The van der Waals surface area contributed by atoms with Crippen LogP contribution in [-0.2, 0) is 38.0 Å².